The van der Waals surface area contributed by atoms with Crippen LogP contribution in [-0.4, -0.2) is 25.4 Å². The van der Waals surface area contributed by atoms with Crippen LogP contribution in [0.2, 0.25) is 0 Å². The predicted molar refractivity (Wildman–Crippen MR) is 86.2 cm³/mol. The van der Waals surface area contributed by atoms with E-state index in [1.54, 1.807) is 10.8 Å². The van der Waals surface area contributed by atoms with E-state index in [2.05, 4.69) is 36.3 Å². The number of hydrogen-bond acceptors (Lipinski definition) is 2. The number of carboxylic acid groups (broad SMARTS) is 1. The Morgan fingerprint density at radius 1 is 1.27 bits per heavy atom. The molecule has 112 valence electrons. The molecule has 0 aliphatic heterocycles. The molecule has 0 saturated heterocycles. The van der Waals surface area contributed by atoms with Crippen molar-refractivity contribution in [2.75, 3.05) is 0 Å². The first-order chi connectivity index (χ1) is 10.5. The van der Waals surface area contributed by atoms with Crippen molar-refractivity contribution in [3.63, 3.8) is 0 Å². The minimum Gasteiger partial charge on any atom is -0.478 e. The smallest absolute Gasteiger partial charge is 0.328 e. The molecule has 5 heteroatoms. The number of carbonyl (C=O) groups is 1. The van der Waals surface area contributed by atoms with Crippen molar-refractivity contribution in [1.29, 1.82) is 0 Å². The number of aliphatic carboxylic acids is 1. The van der Waals surface area contributed by atoms with Gasteiger partial charge in [0.25, 0.3) is 0 Å². The van der Waals surface area contributed by atoms with Crippen LogP contribution < -0.4 is 0 Å². The van der Waals surface area contributed by atoms with Crippen LogP contribution in [0.3, 0.4) is 0 Å². The molecule has 0 aliphatic carbocycles. The Morgan fingerprint density at radius 3 is 2.77 bits per heavy atom. The Kier molecular flexibility index (Phi) is 3.33. The Balaban J connectivity index is 2.24. The fourth-order valence-electron chi connectivity index (χ4n) is 2.74. The molecule has 0 aliphatic rings. The highest BCUT2D eigenvalue weighted by molar-refractivity contribution is 5.87. The number of fused-ring (bicyclic) bond motifs is 1. The van der Waals surface area contributed by atoms with Crippen molar-refractivity contribution in [2.45, 2.75) is 13.8 Å². The van der Waals surface area contributed by atoms with Crippen LogP contribution in [0.4, 0.5) is 0 Å². The van der Waals surface area contributed by atoms with E-state index < -0.39 is 5.97 Å². The molecule has 5 nitrogen and oxygen atoms in total. The number of carboxylic acids is 1. The van der Waals surface area contributed by atoms with Crippen molar-refractivity contribution >= 4 is 22.9 Å². The molecule has 0 spiro atoms. The van der Waals surface area contributed by atoms with Gasteiger partial charge in [0.15, 0.2) is 0 Å². The van der Waals surface area contributed by atoms with E-state index >= 15 is 0 Å². The average Bonchev–Trinajstić information content (AvgIpc) is 2.96. The van der Waals surface area contributed by atoms with E-state index in [-0.39, 0.29) is 0 Å². The summed E-state index contributed by atoms with van der Waals surface area (Å²) in [6.45, 7) is 3.94. The van der Waals surface area contributed by atoms with Crippen molar-refractivity contribution in [1.82, 2.24) is 14.3 Å². The topological polar surface area (TPSA) is 60.1 Å². The zero-order chi connectivity index (χ0) is 15.9. The lowest BCUT2D eigenvalue weighted by Gasteiger charge is -2.08. The standard InChI is InChI=1S/C17H17N3O2/c1-11-4-6-15-13(10-11)8-9-20(15)17-14(5-7-16(21)22)12(2)18-19(17)3/h4-10H,1-3H3,(H,21,22)/b7-5+. The van der Waals surface area contributed by atoms with Crippen LogP contribution in [0.1, 0.15) is 16.8 Å². The second-order valence-electron chi connectivity index (χ2n) is 5.37. The van der Waals surface area contributed by atoms with E-state index in [9.17, 15) is 4.79 Å². The number of rotatable bonds is 3. The zero-order valence-corrected chi connectivity index (χ0v) is 12.7. The number of aromatic nitrogens is 3. The first kappa shape index (κ1) is 14.1. The lowest BCUT2D eigenvalue weighted by atomic mass is 10.2. The maximum Gasteiger partial charge on any atom is 0.328 e. The summed E-state index contributed by atoms with van der Waals surface area (Å²) in [4.78, 5) is 10.8. The highest BCUT2D eigenvalue weighted by Crippen LogP contribution is 2.26. The Bertz CT molecular complexity index is 900. The summed E-state index contributed by atoms with van der Waals surface area (Å²) in [7, 11) is 1.86. The SMILES string of the molecule is Cc1ccc2c(ccn2-c2c(/C=C/C(=O)O)c(C)nn2C)c1. The summed E-state index contributed by atoms with van der Waals surface area (Å²) in [6, 6.07) is 8.31. The summed E-state index contributed by atoms with van der Waals surface area (Å²) in [6.07, 6.45) is 4.72. The molecule has 22 heavy (non-hydrogen) atoms. The van der Waals surface area contributed by atoms with Gasteiger partial charge < -0.3 is 9.67 Å². The van der Waals surface area contributed by atoms with Gasteiger partial charge in [-0.25, -0.2) is 4.79 Å². The van der Waals surface area contributed by atoms with E-state index in [1.165, 1.54) is 5.56 Å². The molecule has 2 aromatic heterocycles. The molecule has 0 amide bonds. The summed E-state index contributed by atoms with van der Waals surface area (Å²) in [5.74, 6) is -0.115. The minimum absolute atomic E-state index is 0.795. The van der Waals surface area contributed by atoms with Gasteiger partial charge in [-0.05, 0) is 38.1 Å². The van der Waals surface area contributed by atoms with Gasteiger partial charge in [0.2, 0.25) is 0 Å². The number of benzene rings is 1. The minimum atomic E-state index is -0.970. The van der Waals surface area contributed by atoms with Crippen LogP contribution in [0.25, 0.3) is 22.8 Å². The number of nitrogens with zero attached hydrogens (tertiary/aromatic N) is 3. The normalized spacial score (nSPS) is 11.6. The van der Waals surface area contributed by atoms with Gasteiger partial charge in [-0.1, -0.05) is 11.6 Å². The van der Waals surface area contributed by atoms with Crippen molar-refractivity contribution < 1.29 is 9.90 Å². The average molecular weight is 295 g/mol. The molecule has 0 atom stereocenters. The van der Waals surface area contributed by atoms with Crippen LogP contribution in [-0.2, 0) is 11.8 Å². The van der Waals surface area contributed by atoms with E-state index in [4.69, 9.17) is 5.11 Å². The van der Waals surface area contributed by atoms with Crippen LogP contribution in [0.15, 0.2) is 36.5 Å². The van der Waals surface area contributed by atoms with Crippen LogP contribution >= 0.6 is 0 Å². The summed E-state index contributed by atoms with van der Waals surface area (Å²) < 4.78 is 3.81. The van der Waals surface area contributed by atoms with Crippen molar-refractivity contribution in [2.24, 2.45) is 7.05 Å². The number of hydrogen-bond donors (Lipinski definition) is 1. The quantitative estimate of drug-likeness (QED) is 0.755. The molecular formula is C17H17N3O2. The fraction of sp³-hybridized carbons (Fsp3) is 0.176. The lowest BCUT2D eigenvalue weighted by Crippen LogP contribution is -2.03. The first-order valence-corrected chi connectivity index (χ1v) is 7.00. The molecule has 3 aromatic rings. The number of aryl methyl sites for hydroxylation is 3. The molecule has 3 rings (SSSR count). The molecule has 0 unspecified atom stereocenters. The zero-order valence-electron chi connectivity index (χ0n) is 12.7. The van der Waals surface area contributed by atoms with E-state index in [0.29, 0.717) is 0 Å². The predicted octanol–water partition coefficient (Wildman–Crippen LogP) is 3.08. The van der Waals surface area contributed by atoms with E-state index in [1.807, 2.05) is 24.7 Å². The molecule has 1 aromatic carbocycles. The van der Waals surface area contributed by atoms with Crippen molar-refractivity contribution in [3.05, 3.63) is 53.4 Å². The largest absolute Gasteiger partial charge is 0.478 e. The van der Waals surface area contributed by atoms with Crippen molar-refractivity contribution in [3.8, 4) is 5.82 Å². The molecule has 0 radical (unpaired) electrons. The third-order valence-electron chi connectivity index (χ3n) is 3.70. The first-order valence-electron chi connectivity index (χ1n) is 7.00. The second-order valence-corrected chi connectivity index (χ2v) is 5.37. The monoisotopic (exact) mass is 295 g/mol. The summed E-state index contributed by atoms with van der Waals surface area (Å²) in [5.41, 5.74) is 3.88. The maximum atomic E-state index is 10.8. The van der Waals surface area contributed by atoms with Gasteiger partial charge in [-0.15, -0.1) is 0 Å². The molecule has 0 saturated carbocycles. The second kappa shape index (κ2) is 5.18. The third kappa shape index (κ3) is 2.30. The molecular weight excluding hydrogens is 278 g/mol. The summed E-state index contributed by atoms with van der Waals surface area (Å²) in [5, 5.41) is 14.4. The van der Waals surface area contributed by atoms with Gasteiger partial charge in [0, 0.05) is 30.3 Å². The van der Waals surface area contributed by atoms with Gasteiger partial charge in [-0.2, -0.15) is 5.10 Å². The Morgan fingerprint density at radius 2 is 2.05 bits per heavy atom. The Hall–Kier alpha value is -2.82. The lowest BCUT2D eigenvalue weighted by molar-refractivity contribution is -0.131. The molecule has 1 N–H and O–H groups in total. The molecule has 0 bridgehead atoms. The maximum absolute atomic E-state index is 10.8. The molecule has 2 heterocycles. The van der Waals surface area contributed by atoms with Gasteiger partial charge in [0.05, 0.1) is 11.2 Å². The molecule has 0 fully saturated rings. The van der Waals surface area contributed by atoms with E-state index in [0.717, 1.165) is 34.1 Å². The van der Waals surface area contributed by atoms with Gasteiger partial charge in [0.1, 0.15) is 5.82 Å². The van der Waals surface area contributed by atoms with Crippen LogP contribution in [0, 0.1) is 13.8 Å². The van der Waals surface area contributed by atoms with Crippen LogP contribution in [0.5, 0.6) is 0 Å². The summed E-state index contributed by atoms with van der Waals surface area (Å²) >= 11 is 0. The highest BCUT2D eigenvalue weighted by Gasteiger charge is 2.15. The van der Waals surface area contributed by atoms with Gasteiger partial charge in [-0.3, -0.25) is 4.68 Å². The van der Waals surface area contributed by atoms with Gasteiger partial charge >= 0.3 is 5.97 Å². The Labute approximate surface area is 128 Å². The third-order valence-corrected chi connectivity index (χ3v) is 3.70. The highest BCUT2D eigenvalue weighted by atomic mass is 16.4. The fourth-order valence-corrected chi connectivity index (χ4v) is 2.74.